The van der Waals surface area contributed by atoms with E-state index < -0.39 is 0 Å². The molecule has 0 amide bonds. The van der Waals surface area contributed by atoms with Gasteiger partial charge in [-0.1, -0.05) is 25.5 Å². The minimum absolute atomic E-state index is 0.179. The number of benzene rings is 1. The first-order chi connectivity index (χ1) is 8.28. The Morgan fingerprint density at radius 2 is 1.94 bits per heavy atom. The van der Waals surface area contributed by atoms with Gasteiger partial charge in [0.15, 0.2) is 0 Å². The van der Waals surface area contributed by atoms with E-state index in [4.69, 9.17) is 9.47 Å². The topological polar surface area (TPSA) is 18.5 Å². The van der Waals surface area contributed by atoms with Gasteiger partial charge in [0.1, 0.15) is 5.75 Å². The van der Waals surface area contributed by atoms with Crippen LogP contribution in [0.2, 0.25) is 0 Å². The number of hydrogen-bond donors (Lipinski definition) is 0. The normalized spacial score (nSPS) is 18.1. The largest absolute Gasteiger partial charge is 0.493 e. The molecule has 2 nitrogen and oxygen atoms in total. The van der Waals surface area contributed by atoms with Gasteiger partial charge in [-0.25, -0.2) is 0 Å². The molecule has 2 heteroatoms. The molecule has 0 N–H and O–H groups in total. The summed E-state index contributed by atoms with van der Waals surface area (Å²) in [5, 5.41) is 0. The Balaban J connectivity index is 2.66. The van der Waals surface area contributed by atoms with E-state index in [0.717, 1.165) is 24.3 Å². The predicted molar refractivity (Wildman–Crippen MR) is 74.4 cm³/mol. The van der Waals surface area contributed by atoms with Crippen LogP contribution in [0.3, 0.4) is 0 Å². The first-order valence-corrected chi connectivity index (χ1v) is 6.61. The summed E-state index contributed by atoms with van der Waals surface area (Å²) >= 11 is 0. The summed E-state index contributed by atoms with van der Waals surface area (Å²) in [6, 6.07) is 4.44. The van der Waals surface area contributed by atoms with Crippen molar-refractivity contribution in [3.63, 3.8) is 0 Å². The fraction of sp³-hybridized carbons (Fsp3) is 0.625. The van der Waals surface area contributed by atoms with E-state index in [1.807, 2.05) is 0 Å². The number of methoxy groups -OCH3 is 1. The molecule has 1 heterocycles. The highest BCUT2D eigenvalue weighted by molar-refractivity contribution is 5.51. The van der Waals surface area contributed by atoms with Crippen LogP contribution in [-0.2, 0) is 15.8 Å². The zero-order valence-corrected chi connectivity index (χ0v) is 12.4. The predicted octanol–water partition coefficient (Wildman–Crippen LogP) is 3.94. The zero-order valence-electron chi connectivity index (χ0n) is 12.4. The lowest BCUT2D eigenvalue weighted by atomic mass is 9.77. The number of rotatable bonds is 2. The third kappa shape index (κ3) is 2.14. The van der Waals surface area contributed by atoms with Crippen molar-refractivity contribution < 1.29 is 9.47 Å². The Hall–Kier alpha value is -1.02. The van der Waals surface area contributed by atoms with E-state index >= 15 is 0 Å². The molecule has 1 aromatic rings. The maximum atomic E-state index is 5.95. The minimum atomic E-state index is -0.316. The molecule has 0 fully saturated rings. The van der Waals surface area contributed by atoms with Gasteiger partial charge in [0, 0.05) is 18.2 Å². The first kappa shape index (κ1) is 13.4. The summed E-state index contributed by atoms with van der Waals surface area (Å²) in [6.45, 7) is 11.7. The second kappa shape index (κ2) is 4.27. The third-order valence-electron chi connectivity index (χ3n) is 4.09. The van der Waals surface area contributed by atoms with E-state index in [1.54, 1.807) is 7.11 Å². The summed E-state index contributed by atoms with van der Waals surface area (Å²) in [6.07, 6.45) is 1.07. The summed E-state index contributed by atoms with van der Waals surface area (Å²) in [7, 11) is 1.75. The second-order valence-electron chi connectivity index (χ2n) is 6.39. The number of ether oxygens (including phenoxy) is 2. The molecule has 0 saturated carbocycles. The fourth-order valence-corrected chi connectivity index (χ4v) is 2.53. The number of aryl methyl sites for hydroxylation is 1. The second-order valence-corrected chi connectivity index (χ2v) is 6.39. The van der Waals surface area contributed by atoms with Crippen molar-refractivity contribution >= 4 is 0 Å². The monoisotopic (exact) mass is 248 g/mol. The minimum Gasteiger partial charge on any atom is -0.493 e. The molecule has 1 aliphatic rings. The van der Waals surface area contributed by atoms with Crippen molar-refractivity contribution in [1.29, 1.82) is 0 Å². The van der Waals surface area contributed by atoms with Gasteiger partial charge in [-0.05, 0) is 38.7 Å². The standard InChI is InChI=1S/C16H24O2/c1-11-9-12-14(18-8-7-15(12,2)3)13(10-11)16(4,5)17-6/h9-10H,7-8H2,1-6H3. The smallest absolute Gasteiger partial charge is 0.129 e. The number of fused-ring (bicyclic) bond motifs is 1. The van der Waals surface area contributed by atoms with Crippen molar-refractivity contribution in [1.82, 2.24) is 0 Å². The molecule has 0 aromatic heterocycles. The zero-order chi connectivity index (χ0) is 13.6. The molecule has 0 bridgehead atoms. The van der Waals surface area contributed by atoms with Crippen LogP contribution in [0.25, 0.3) is 0 Å². The lowest BCUT2D eigenvalue weighted by Crippen LogP contribution is -2.30. The molecular weight excluding hydrogens is 224 g/mol. The molecule has 0 saturated heterocycles. The Morgan fingerprint density at radius 3 is 2.56 bits per heavy atom. The van der Waals surface area contributed by atoms with Crippen LogP contribution in [0.5, 0.6) is 5.75 Å². The van der Waals surface area contributed by atoms with Gasteiger partial charge in [0.05, 0.1) is 12.2 Å². The Labute approximate surface area is 110 Å². The van der Waals surface area contributed by atoms with Crippen LogP contribution in [-0.4, -0.2) is 13.7 Å². The van der Waals surface area contributed by atoms with Crippen LogP contribution in [0.1, 0.15) is 50.8 Å². The van der Waals surface area contributed by atoms with Crippen molar-refractivity contribution in [2.75, 3.05) is 13.7 Å². The van der Waals surface area contributed by atoms with Crippen molar-refractivity contribution in [2.45, 2.75) is 52.1 Å². The van der Waals surface area contributed by atoms with Gasteiger partial charge in [-0.3, -0.25) is 0 Å². The lowest BCUT2D eigenvalue weighted by Gasteiger charge is -2.37. The molecule has 0 unspecified atom stereocenters. The molecular formula is C16H24O2. The van der Waals surface area contributed by atoms with Crippen LogP contribution in [0, 0.1) is 6.92 Å². The van der Waals surface area contributed by atoms with Gasteiger partial charge in [-0.15, -0.1) is 0 Å². The van der Waals surface area contributed by atoms with Gasteiger partial charge in [0.2, 0.25) is 0 Å². The molecule has 0 aliphatic carbocycles. The number of hydrogen-bond acceptors (Lipinski definition) is 2. The van der Waals surface area contributed by atoms with E-state index in [9.17, 15) is 0 Å². The average molecular weight is 248 g/mol. The van der Waals surface area contributed by atoms with Gasteiger partial charge in [-0.2, -0.15) is 0 Å². The summed E-state index contributed by atoms with van der Waals surface area (Å²) in [4.78, 5) is 0. The van der Waals surface area contributed by atoms with Crippen LogP contribution >= 0.6 is 0 Å². The van der Waals surface area contributed by atoms with E-state index in [2.05, 4.69) is 46.8 Å². The quantitative estimate of drug-likeness (QED) is 0.789. The molecule has 0 atom stereocenters. The highest BCUT2D eigenvalue weighted by Gasteiger charge is 2.34. The molecule has 2 rings (SSSR count). The van der Waals surface area contributed by atoms with Crippen LogP contribution in [0.15, 0.2) is 12.1 Å². The van der Waals surface area contributed by atoms with E-state index in [-0.39, 0.29) is 11.0 Å². The Bertz CT molecular complexity index is 458. The first-order valence-electron chi connectivity index (χ1n) is 6.61. The van der Waals surface area contributed by atoms with Crippen molar-refractivity contribution in [3.8, 4) is 5.75 Å². The fourth-order valence-electron chi connectivity index (χ4n) is 2.53. The maximum absolute atomic E-state index is 5.95. The maximum Gasteiger partial charge on any atom is 0.129 e. The van der Waals surface area contributed by atoms with Crippen LogP contribution < -0.4 is 4.74 Å². The van der Waals surface area contributed by atoms with Gasteiger partial charge in [0.25, 0.3) is 0 Å². The third-order valence-corrected chi connectivity index (χ3v) is 4.09. The molecule has 100 valence electrons. The van der Waals surface area contributed by atoms with Crippen molar-refractivity contribution in [2.24, 2.45) is 0 Å². The highest BCUT2D eigenvalue weighted by atomic mass is 16.5. The average Bonchev–Trinajstić information content (AvgIpc) is 2.29. The van der Waals surface area contributed by atoms with Gasteiger partial charge < -0.3 is 9.47 Å². The molecule has 1 aliphatic heterocycles. The Morgan fingerprint density at radius 1 is 1.28 bits per heavy atom. The molecule has 18 heavy (non-hydrogen) atoms. The molecule has 0 spiro atoms. The van der Waals surface area contributed by atoms with E-state index in [0.29, 0.717) is 0 Å². The summed E-state index contributed by atoms with van der Waals surface area (Å²) in [5.41, 5.74) is 3.61. The van der Waals surface area contributed by atoms with Gasteiger partial charge >= 0.3 is 0 Å². The Kier molecular flexibility index (Phi) is 3.18. The van der Waals surface area contributed by atoms with Crippen LogP contribution in [0.4, 0.5) is 0 Å². The highest BCUT2D eigenvalue weighted by Crippen LogP contribution is 2.44. The van der Waals surface area contributed by atoms with E-state index in [1.165, 1.54) is 11.1 Å². The van der Waals surface area contributed by atoms with Crippen molar-refractivity contribution in [3.05, 3.63) is 28.8 Å². The lowest BCUT2D eigenvalue weighted by molar-refractivity contribution is 0.0158. The summed E-state index contributed by atoms with van der Waals surface area (Å²) < 4.78 is 11.6. The SMILES string of the molecule is COC(C)(C)c1cc(C)cc2c1OCCC2(C)C. The molecule has 0 radical (unpaired) electrons. The molecule has 1 aromatic carbocycles. The summed E-state index contributed by atoms with van der Waals surface area (Å²) in [5.74, 6) is 1.03.